The fourth-order valence-corrected chi connectivity index (χ4v) is 2.39. The molecular weight excluding hydrogens is 266 g/mol. The first-order chi connectivity index (χ1) is 10.3. The van der Waals surface area contributed by atoms with Gasteiger partial charge in [0.05, 0.1) is 6.10 Å². The number of nitrogens with one attached hydrogen (secondary N) is 2. The van der Waals surface area contributed by atoms with E-state index >= 15 is 0 Å². The molecular formula is C16H25N3O2. The van der Waals surface area contributed by atoms with Crippen LogP contribution in [-0.4, -0.2) is 43.2 Å². The van der Waals surface area contributed by atoms with Crippen molar-refractivity contribution in [3.8, 4) is 0 Å². The van der Waals surface area contributed by atoms with Crippen LogP contribution in [0.2, 0.25) is 0 Å². The van der Waals surface area contributed by atoms with Gasteiger partial charge in [0.1, 0.15) is 0 Å². The van der Waals surface area contributed by atoms with E-state index in [2.05, 4.69) is 15.6 Å². The van der Waals surface area contributed by atoms with Gasteiger partial charge in [-0.05, 0) is 50.9 Å². The van der Waals surface area contributed by atoms with Crippen LogP contribution in [0.25, 0.3) is 0 Å². The molecule has 5 nitrogen and oxygen atoms in total. The second-order valence-corrected chi connectivity index (χ2v) is 5.34. The van der Waals surface area contributed by atoms with Gasteiger partial charge in [0.15, 0.2) is 0 Å². The molecule has 1 amide bonds. The molecule has 0 unspecified atom stereocenters. The van der Waals surface area contributed by atoms with Gasteiger partial charge in [0, 0.05) is 31.5 Å². The molecule has 5 heteroatoms. The zero-order chi connectivity index (χ0) is 14.8. The number of hydrogen-bond acceptors (Lipinski definition) is 4. The van der Waals surface area contributed by atoms with Crippen LogP contribution in [-0.2, 0) is 16.0 Å². The molecule has 0 aromatic carbocycles. The summed E-state index contributed by atoms with van der Waals surface area (Å²) in [5.41, 5.74) is 0.960. The van der Waals surface area contributed by atoms with Crippen LogP contribution in [0.1, 0.15) is 31.4 Å². The quantitative estimate of drug-likeness (QED) is 0.709. The lowest BCUT2D eigenvalue weighted by Crippen LogP contribution is -2.33. The zero-order valence-corrected chi connectivity index (χ0v) is 12.5. The third-order valence-electron chi connectivity index (χ3n) is 3.62. The standard InChI is InChI=1S/C16H25N3O2/c20-16(6-5-14-4-1-2-9-18-14)19-10-3-13-21-15-7-11-17-12-8-15/h1-2,4,9,15,17H,3,5-8,10-13H2,(H,19,20). The molecule has 0 atom stereocenters. The summed E-state index contributed by atoms with van der Waals surface area (Å²) in [5, 5.41) is 6.25. The highest BCUT2D eigenvalue weighted by atomic mass is 16.5. The summed E-state index contributed by atoms with van der Waals surface area (Å²) in [5.74, 6) is 0.0857. The van der Waals surface area contributed by atoms with E-state index in [9.17, 15) is 4.79 Å². The van der Waals surface area contributed by atoms with E-state index in [-0.39, 0.29) is 5.91 Å². The maximum absolute atomic E-state index is 11.7. The number of aryl methyl sites for hydroxylation is 1. The maximum atomic E-state index is 11.7. The van der Waals surface area contributed by atoms with Gasteiger partial charge >= 0.3 is 0 Å². The van der Waals surface area contributed by atoms with Crippen molar-refractivity contribution >= 4 is 5.91 Å². The van der Waals surface area contributed by atoms with E-state index in [0.717, 1.165) is 44.7 Å². The Bertz CT molecular complexity index is 405. The molecule has 0 spiro atoms. The number of pyridine rings is 1. The monoisotopic (exact) mass is 291 g/mol. The van der Waals surface area contributed by atoms with Gasteiger partial charge < -0.3 is 15.4 Å². The molecule has 1 aromatic rings. The summed E-state index contributed by atoms with van der Waals surface area (Å²) in [6.07, 6.45) is 6.40. The predicted molar refractivity (Wildman–Crippen MR) is 82.0 cm³/mol. The normalized spacial score (nSPS) is 15.8. The molecule has 2 heterocycles. The topological polar surface area (TPSA) is 63.2 Å². The molecule has 2 N–H and O–H groups in total. The highest BCUT2D eigenvalue weighted by Gasteiger charge is 2.12. The zero-order valence-electron chi connectivity index (χ0n) is 12.5. The van der Waals surface area contributed by atoms with Gasteiger partial charge in [-0.15, -0.1) is 0 Å². The Kier molecular flexibility index (Phi) is 7.18. The van der Waals surface area contributed by atoms with Crippen molar-refractivity contribution in [2.45, 2.75) is 38.2 Å². The van der Waals surface area contributed by atoms with Crippen molar-refractivity contribution in [3.63, 3.8) is 0 Å². The van der Waals surface area contributed by atoms with E-state index in [1.54, 1.807) is 6.20 Å². The first-order valence-corrected chi connectivity index (χ1v) is 7.83. The average molecular weight is 291 g/mol. The maximum Gasteiger partial charge on any atom is 0.220 e. The highest BCUT2D eigenvalue weighted by molar-refractivity contribution is 5.76. The van der Waals surface area contributed by atoms with Crippen molar-refractivity contribution in [2.75, 3.05) is 26.2 Å². The SMILES string of the molecule is O=C(CCc1ccccn1)NCCCOC1CCNCC1. The van der Waals surface area contributed by atoms with Crippen LogP contribution in [0.4, 0.5) is 0 Å². The second-order valence-electron chi connectivity index (χ2n) is 5.34. The van der Waals surface area contributed by atoms with Crippen molar-refractivity contribution in [3.05, 3.63) is 30.1 Å². The number of ether oxygens (including phenoxy) is 1. The Morgan fingerprint density at radius 1 is 1.38 bits per heavy atom. The molecule has 0 aliphatic carbocycles. The lowest BCUT2D eigenvalue weighted by Gasteiger charge is -2.22. The summed E-state index contributed by atoms with van der Waals surface area (Å²) in [6, 6.07) is 5.77. The first-order valence-electron chi connectivity index (χ1n) is 7.83. The number of piperidine rings is 1. The van der Waals surface area contributed by atoms with E-state index in [4.69, 9.17) is 4.74 Å². The Hall–Kier alpha value is -1.46. The average Bonchev–Trinajstić information content (AvgIpc) is 2.54. The molecule has 0 bridgehead atoms. The predicted octanol–water partition coefficient (Wildman–Crippen LogP) is 1.29. The Morgan fingerprint density at radius 2 is 2.24 bits per heavy atom. The molecule has 116 valence electrons. The Labute approximate surface area is 126 Å². The van der Waals surface area contributed by atoms with Crippen LogP contribution in [0.5, 0.6) is 0 Å². The number of amides is 1. The smallest absolute Gasteiger partial charge is 0.220 e. The third-order valence-corrected chi connectivity index (χ3v) is 3.62. The van der Waals surface area contributed by atoms with Gasteiger partial charge in [0.2, 0.25) is 5.91 Å². The largest absolute Gasteiger partial charge is 0.378 e. The molecule has 21 heavy (non-hydrogen) atoms. The summed E-state index contributed by atoms with van der Waals surface area (Å²) in [7, 11) is 0. The first kappa shape index (κ1) is 15.9. The Morgan fingerprint density at radius 3 is 3.00 bits per heavy atom. The van der Waals surface area contributed by atoms with Crippen LogP contribution in [0, 0.1) is 0 Å². The summed E-state index contributed by atoms with van der Waals surface area (Å²) < 4.78 is 5.79. The van der Waals surface area contributed by atoms with Crippen LogP contribution < -0.4 is 10.6 Å². The Balaban J connectivity index is 1.47. The molecule has 1 saturated heterocycles. The van der Waals surface area contributed by atoms with Crippen molar-refractivity contribution in [2.24, 2.45) is 0 Å². The number of nitrogens with zero attached hydrogens (tertiary/aromatic N) is 1. The minimum atomic E-state index is 0.0857. The summed E-state index contributed by atoms with van der Waals surface area (Å²) in [4.78, 5) is 15.9. The molecule has 2 rings (SSSR count). The van der Waals surface area contributed by atoms with Crippen molar-refractivity contribution in [1.29, 1.82) is 0 Å². The molecule has 1 fully saturated rings. The fraction of sp³-hybridized carbons (Fsp3) is 0.625. The molecule has 1 aliphatic rings. The van der Waals surface area contributed by atoms with E-state index in [1.165, 1.54) is 0 Å². The molecule has 0 saturated carbocycles. The van der Waals surface area contributed by atoms with Crippen LogP contribution >= 0.6 is 0 Å². The van der Waals surface area contributed by atoms with E-state index in [0.29, 0.717) is 25.5 Å². The fourth-order valence-electron chi connectivity index (χ4n) is 2.39. The number of aromatic nitrogens is 1. The van der Waals surface area contributed by atoms with Gasteiger partial charge in [-0.1, -0.05) is 6.07 Å². The number of rotatable bonds is 8. The molecule has 1 aliphatic heterocycles. The lowest BCUT2D eigenvalue weighted by atomic mass is 10.1. The number of carbonyl (C=O) groups excluding carboxylic acids is 1. The van der Waals surface area contributed by atoms with E-state index < -0.39 is 0 Å². The summed E-state index contributed by atoms with van der Waals surface area (Å²) >= 11 is 0. The second kappa shape index (κ2) is 9.47. The van der Waals surface area contributed by atoms with Gasteiger partial charge in [-0.3, -0.25) is 9.78 Å². The number of hydrogen-bond donors (Lipinski definition) is 2. The van der Waals surface area contributed by atoms with Gasteiger partial charge in [-0.2, -0.15) is 0 Å². The minimum Gasteiger partial charge on any atom is -0.378 e. The molecule has 1 aromatic heterocycles. The minimum absolute atomic E-state index is 0.0857. The highest BCUT2D eigenvalue weighted by Crippen LogP contribution is 2.07. The third kappa shape index (κ3) is 6.69. The number of carbonyl (C=O) groups is 1. The molecule has 0 radical (unpaired) electrons. The van der Waals surface area contributed by atoms with Gasteiger partial charge in [-0.25, -0.2) is 0 Å². The van der Waals surface area contributed by atoms with Crippen molar-refractivity contribution < 1.29 is 9.53 Å². The van der Waals surface area contributed by atoms with E-state index in [1.807, 2.05) is 18.2 Å². The van der Waals surface area contributed by atoms with Crippen LogP contribution in [0.3, 0.4) is 0 Å². The van der Waals surface area contributed by atoms with Gasteiger partial charge in [0.25, 0.3) is 0 Å². The van der Waals surface area contributed by atoms with Crippen LogP contribution in [0.15, 0.2) is 24.4 Å². The summed E-state index contributed by atoms with van der Waals surface area (Å²) in [6.45, 7) is 3.51. The van der Waals surface area contributed by atoms with Crippen molar-refractivity contribution in [1.82, 2.24) is 15.6 Å². The lowest BCUT2D eigenvalue weighted by molar-refractivity contribution is -0.121.